The van der Waals surface area contributed by atoms with Gasteiger partial charge in [-0.1, -0.05) is 0 Å². The number of nitrogens with one attached hydrogen (secondary N) is 1. The number of methoxy groups -OCH3 is 3. The molecular weight excluding hydrogens is 260 g/mol. The van der Waals surface area contributed by atoms with E-state index >= 15 is 0 Å². The molecule has 0 saturated heterocycles. The van der Waals surface area contributed by atoms with Crippen molar-refractivity contribution in [3.63, 3.8) is 0 Å². The normalized spacial score (nSPS) is 10.1. The van der Waals surface area contributed by atoms with Crippen LogP contribution >= 0.6 is 0 Å². The first-order chi connectivity index (χ1) is 9.60. The number of hydrogen-bond donors (Lipinski definition) is 1. The van der Waals surface area contributed by atoms with Gasteiger partial charge in [0, 0.05) is 20.1 Å². The SMILES string of the molecule is CNCCN(C)C(=O)c1ccc(OC)c(OC)c1OC. The van der Waals surface area contributed by atoms with E-state index in [0.717, 1.165) is 6.54 Å². The lowest BCUT2D eigenvalue weighted by molar-refractivity contribution is 0.0792. The Labute approximate surface area is 119 Å². The maximum Gasteiger partial charge on any atom is 0.257 e. The highest BCUT2D eigenvalue weighted by molar-refractivity contribution is 5.98. The number of carbonyl (C=O) groups excluding carboxylic acids is 1. The van der Waals surface area contributed by atoms with Gasteiger partial charge in [-0.15, -0.1) is 0 Å². The fraction of sp³-hybridized carbons (Fsp3) is 0.500. The molecule has 0 heterocycles. The molecule has 0 spiro atoms. The topological polar surface area (TPSA) is 60.0 Å². The maximum absolute atomic E-state index is 12.4. The van der Waals surface area contributed by atoms with Gasteiger partial charge in [0.15, 0.2) is 11.5 Å². The molecule has 0 aliphatic heterocycles. The van der Waals surface area contributed by atoms with Crippen LogP contribution in [-0.2, 0) is 0 Å². The van der Waals surface area contributed by atoms with Gasteiger partial charge in [0.05, 0.1) is 26.9 Å². The van der Waals surface area contributed by atoms with Crippen molar-refractivity contribution in [2.45, 2.75) is 0 Å². The molecule has 0 atom stereocenters. The Morgan fingerprint density at radius 1 is 1.15 bits per heavy atom. The maximum atomic E-state index is 12.4. The molecular formula is C14H22N2O4. The summed E-state index contributed by atoms with van der Waals surface area (Å²) in [5.41, 5.74) is 0.448. The van der Waals surface area contributed by atoms with Gasteiger partial charge in [0.25, 0.3) is 5.91 Å². The smallest absolute Gasteiger partial charge is 0.257 e. The number of nitrogens with zero attached hydrogens (tertiary/aromatic N) is 1. The first-order valence-corrected chi connectivity index (χ1v) is 6.29. The van der Waals surface area contributed by atoms with Gasteiger partial charge in [-0.25, -0.2) is 0 Å². The molecule has 0 saturated carbocycles. The van der Waals surface area contributed by atoms with Crippen LogP contribution in [0.15, 0.2) is 12.1 Å². The minimum absolute atomic E-state index is 0.127. The first kappa shape index (κ1) is 16.1. The van der Waals surface area contributed by atoms with Crippen LogP contribution in [0.3, 0.4) is 0 Å². The van der Waals surface area contributed by atoms with Crippen LogP contribution in [0, 0.1) is 0 Å². The summed E-state index contributed by atoms with van der Waals surface area (Å²) in [4.78, 5) is 14.0. The average molecular weight is 282 g/mol. The molecule has 112 valence electrons. The van der Waals surface area contributed by atoms with E-state index < -0.39 is 0 Å². The fourth-order valence-electron chi connectivity index (χ4n) is 1.86. The van der Waals surface area contributed by atoms with Crippen molar-refractivity contribution in [3.8, 4) is 17.2 Å². The van der Waals surface area contributed by atoms with Gasteiger partial charge < -0.3 is 24.4 Å². The Bertz CT molecular complexity index is 463. The highest BCUT2D eigenvalue weighted by Gasteiger charge is 2.22. The molecule has 0 aliphatic carbocycles. The quantitative estimate of drug-likeness (QED) is 0.808. The van der Waals surface area contributed by atoms with Gasteiger partial charge in [0.2, 0.25) is 5.75 Å². The van der Waals surface area contributed by atoms with Crippen molar-refractivity contribution in [1.29, 1.82) is 0 Å². The van der Waals surface area contributed by atoms with Gasteiger partial charge in [-0.3, -0.25) is 4.79 Å². The van der Waals surface area contributed by atoms with Crippen LogP contribution < -0.4 is 19.5 Å². The monoisotopic (exact) mass is 282 g/mol. The molecule has 0 radical (unpaired) electrons. The zero-order valence-corrected chi connectivity index (χ0v) is 12.6. The number of ether oxygens (including phenoxy) is 3. The van der Waals surface area contributed by atoms with E-state index in [9.17, 15) is 4.79 Å². The second-order valence-corrected chi connectivity index (χ2v) is 4.21. The molecule has 20 heavy (non-hydrogen) atoms. The fourth-order valence-corrected chi connectivity index (χ4v) is 1.86. The van der Waals surface area contributed by atoms with Crippen LogP contribution in [0.25, 0.3) is 0 Å². The molecule has 6 nitrogen and oxygen atoms in total. The summed E-state index contributed by atoms with van der Waals surface area (Å²) in [7, 11) is 8.14. The van der Waals surface area contributed by atoms with Crippen LogP contribution in [0.1, 0.15) is 10.4 Å². The molecule has 0 bridgehead atoms. The molecule has 6 heteroatoms. The lowest BCUT2D eigenvalue weighted by Gasteiger charge is -2.20. The number of rotatable bonds is 7. The predicted octanol–water partition coefficient (Wildman–Crippen LogP) is 1.00. The molecule has 0 aromatic heterocycles. The van der Waals surface area contributed by atoms with Crippen LogP contribution in [0.4, 0.5) is 0 Å². The summed E-state index contributed by atoms with van der Waals surface area (Å²) in [5.74, 6) is 1.20. The Balaban J connectivity index is 3.14. The number of amides is 1. The second kappa shape index (κ2) is 7.59. The van der Waals surface area contributed by atoms with Crippen LogP contribution in [0.2, 0.25) is 0 Å². The lowest BCUT2D eigenvalue weighted by Crippen LogP contribution is -2.33. The Hall–Kier alpha value is -1.95. The van der Waals surface area contributed by atoms with Crippen molar-refractivity contribution in [2.24, 2.45) is 0 Å². The summed E-state index contributed by atoms with van der Waals surface area (Å²) < 4.78 is 15.8. The molecule has 0 aliphatic rings. The average Bonchev–Trinajstić information content (AvgIpc) is 2.49. The molecule has 1 N–H and O–H groups in total. The number of likely N-dealkylation sites (N-methyl/N-ethyl adjacent to an activating group) is 2. The minimum atomic E-state index is -0.127. The first-order valence-electron chi connectivity index (χ1n) is 6.29. The second-order valence-electron chi connectivity index (χ2n) is 4.21. The number of carbonyl (C=O) groups is 1. The van der Waals surface area contributed by atoms with Gasteiger partial charge in [-0.2, -0.15) is 0 Å². The van der Waals surface area contributed by atoms with Gasteiger partial charge >= 0.3 is 0 Å². The molecule has 1 aromatic rings. The van der Waals surface area contributed by atoms with Crippen molar-refractivity contribution in [3.05, 3.63) is 17.7 Å². The zero-order valence-electron chi connectivity index (χ0n) is 12.6. The van der Waals surface area contributed by atoms with Crippen LogP contribution in [-0.4, -0.2) is 59.3 Å². The van der Waals surface area contributed by atoms with Crippen molar-refractivity contribution in [1.82, 2.24) is 10.2 Å². The van der Waals surface area contributed by atoms with Crippen molar-refractivity contribution in [2.75, 3.05) is 48.5 Å². The number of hydrogen-bond acceptors (Lipinski definition) is 5. The van der Waals surface area contributed by atoms with Crippen LogP contribution in [0.5, 0.6) is 17.2 Å². The summed E-state index contributed by atoms with van der Waals surface area (Å²) in [5, 5.41) is 3.00. The zero-order chi connectivity index (χ0) is 15.1. The largest absolute Gasteiger partial charge is 0.493 e. The van der Waals surface area contributed by atoms with Gasteiger partial charge in [0.1, 0.15) is 0 Å². The van der Waals surface area contributed by atoms with E-state index in [2.05, 4.69) is 5.32 Å². The molecule has 1 amide bonds. The van der Waals surface area contributed by atoms with E-state index in [1.807, 2.05) is 7.05 Å². The third-order valence-corrected chi connectivity index (χ3v) is 2.98. The third-order valence-electron chi connectivity index (χ3n) is 2.98. The molecule has 0 unspecified atom stereocenters. The highest BCUT2D eigenvalue weighted by atomic mass is 16.5. The Morgan fingerprint density at radius 2 is 1.80 bits per heavy atom. The summed E-state index contributed by atoms with van der Waals surface area (Å²) >= 11 is 0. The molecule has 1 rings (SSSR count). The molecule has 0 fully saturated rings. The Morgan fingerprint density at radius 3 is 2.30 bits per heavy atom. The lowest BCUT2D eigenvalue weighted by atomic mass is 10.1. The number of benzene rings is 1. The van der Waals surface area contributed by atoms with E-state index in [0.29, 0.717) is 29.4 Å². The predicted molar refractivity (Wildman–Crippen MR) is 77.0 cm³/mol. The standard InChI is InChI=1S/C14H22N2O4/c1-15-8-9-16(2)14(17)10-6-7-11(18-3)13(20-5)12(10)19-4/h6-7,15H,8-9H2,1-5H3. The van der Waals surface area contributed by atoms with Crippen molar-refractivity contribution >= 4 is 5.91 Å². The summed E-state index contributed by atoms with van der Waals surface area (Å²) in [6, 6.07) is 3.37. The minimum Gasteiger partial charge on any atom is -0.493 e. The third kappa shape index (κ3) is 3.33. The molecule has 1 aromatic carbocycles. The van der Waals surface area contributed by atoms with Crippen molar-refractivity contribution < 1.29 is 19.0 Å². The Kier molecular flexibility index (Phi) is 6.11. The van der Waals surface area contributed by atoms with Gasteiger partial charge in [-0.05, 0) is 19.2 Å². The van der Waals surface area contributed by atoms with E-state index in [1.165, 1.54) is 21.3 Å². The van der Waals surface area contributed by atoms with E-state index in [4.69, 9.17) is 14.2 Å². The van der Waals surface area contributed by atoms with E-state index in [1.54, 1.807) is 24.1 Å². The highest BCUT2D eigenvalue weighted by Crippen LogP contribution is 2.40. The van der Waals surface area contributed by atoms with E-state index in [-0.39, 0.29) is 5.91 Å². The summed E-state index contributed by atoms with van der Waals surface area (Å²) in [6.45, 7) is 1.32. The summed E-state index contributed by atoms with van der Waals surface area (Å²) in [6.07, 6.45) is 0.